The molecule has 5 heteroatoms. The van der Waals surface area contributed by atoms with Gasteiger partial charge in [0.05, 0.1) is 12.1 Å². The highest BCUT2D eigenvalue weighted by molar-refractivity contribution is 6.32. The molecule has 0 fully saturated rings. The van der Waals surface area contributed by atoms with Gasteiger partial charge in [-0.05, 0) is 35.4 Å². The van der Waals surface area contributed by atoms with Gasteiger partial charge in [-0.25, -0.2) is 0 Å². The van der Waals surface area contributed by atoms with Gasteiger partial charge in [0.2, 0.25) is 0 Å². The Balaban J connectivity index is 2.18. The summed E-state index contributed by atoms with van der Waals surface area (Å²) < 4.78 is 11.0. The maximum atomic E-state index is 6.20. The van der Waals surface area contributed by atoms with Gasteiger partial charge >= 0.3 is 0 Å². The zero-order chi connectivity index (χ0) is 14.5. The van der Waals surface area contributed by atoms with Gasteiger partial charge in [0, 0.05) is 10.9 Å². The standard InChI is InChI=1S/C15H13Cl3O2/c1-19-14-7-11(8-16)6-13(18)15(14)20-9-10-2-4-12(17)5-3-10/h2-7H,8-9H2,1H3. The molecule has 0 saturated heterocycles. The first-order chi connectivity index (χ1) is 9.63. The van der Waals surface area contributed by atoms with Crippen LogP contribution in [0.15, 0.2) is 36.4 Å². The molecule has 2 rings (SSSR count). The highest BCUT2D eigenvalue weighted by atomic mass is 35.5. The summed E-state index contributed by atoms with van der Waals surface area (Å²) in [6, 6.07) is 11.0. The van der Waals surface area contributed by atoms with Crippen molar-refractivity contribution in [1.82, 2.24) is 0 Å². The number of ether oxygens (including phenoxy) is 2. The second kappa shape index (κ2) is 7.07. The fraction of sp³-hybridized carbons (Fsp3) is 0.200. The third-order valence-corrected chi connectivity index (χ3v) is 3.58. The van der Waals surface area contributed by atoms with Crippen LogP contribution in [0.3, 0.4) is 0 Å². The normalized spacial score (nSPS) is 10.4. The molecule has 0 bridgehead atoms. The van der Waals surface area contributed by atoms with Crippen LogP contribution >= 0.6 is 34.8 Å². The van der Waals surface area contributed by atoms with Gasteiger partial charge in [0.25, 0.3) is 0 Å². The van der Waals surface area contributed by atoms with Crippen molar-refractivity contribution >= 4 is 34.8 Å². The molecular formula is C15H13Cl3O2. The Kier molecular flexibility index (Phi) is 5.41. The van der Waals surface area contributed by atoms with E-state index in [-0.39, 0.29) is 0 Å². The summed E-state index contributed by atoms with van der Waals surface area (Å²) in [7, 11) is 1.57. The zero-order valence-electron chi connectivity index (χ0n) is 10.8. The third kappa shape index (κ3) is 3.72. The quantitative estimate of drug-likeness (QED) is 0.690. The fourth-order valence-corrected chi connectivity index (χ4v) is 2.29. The summed E-state index contributed by atoms with van der Waals surface area (Å²) in [4.78, 5) is 0. The van der Waals surface area contributed by atoms with Gasteiger partial charge in [0.15, 0.2) is 11.5 Å². The van der Waals surface area contributed by atoms with Crippen LogP contribution in [0.25, 0.3) is 0 Å². The number of benzene rings is 2. The number of methoxy groups -OCH3 is 1. The summed E-state index contributed by atoms with van der Waals surface area (Å²) >= 11 is 17.8. The van der Waals surface area contributed by atoms with E-state index in [1.807, 2.05) is 30.3 Å². The molecular weight excluding hydrogens is 319 g/mol. The van der Waals surface area contributed by atoms with Crippen LogP contribution in [0.5, 0.6) is 11.5 Å². The summed E-state index contributed by atoms with van der Waals surface area (Å²) in [5.41, 5.74) is 1.88. The molecule has 0 heterocycles. The molecule has 2 aromatic rings. The number of halogens is 3. The molecule has 0 aliphatic rings. The van der Waals surface area contributed by atoms with Crippen LogP contribution in [-0.4, -0.2) is 7.11 Å². The van der Waals surface area contributed by atoms with Crippen molar-refractivity contribution in [3.05, 3.63) is 57.6 Å². The maximum Gasteiger partial charge on any atom is 0.180 e. The third-order valence-electron chi connectivity index (χ3n) is 2.74. The van der Waals surface area contributed by atoms with E-state index in [9.17, 15) is 0 Å². The number of rotatable bonds is 5. The van der Waals surface area contributed by atoms with Crippen LogP contribution < -0.4 is 9.47 Å². The van der Waals surface area contributed by atoms with Gasteiger partial charge in [-0.1, -0.05) is 35.3 Å². The van der Waals surface area contributed by atoms with Gasteiger partial charge < -0.3 is 9.47 Å². The average molecular weight is 332 g/mol. The lowest BCUT2D eigenvalue weighted by Crippen LogP contribution is -1.99. The molecule has 0 atom stereocenters. The minimum absolute atomic E-state index is 0.369. The van der Waals surface area contributed by atoms with Crippen molar-refractivity contribution in [2.45, 2.75) is 12.5 Å². The van der Waals surface area contributed by atoms with E-state index < -0.39 is 0 Å². The monoisotopic (exact) mass is 330 g/mol. The van der Waals surface area contributed by atoms with E-state index >= 15 is 0 Å². The number of hydrogen-bond acceptors (Lipinski definition) is 2. The minimum atomic E-state index is 0.369. The van der Waals surface area contributed by atoms with Crippen LogP contribution in [0, 0.1) is 0 Å². The molecule has 0 aliphatic carbocycles. The second-order valence-corrected chi connectivity index (χ2v) is 5.27. The lowest BCUT2D eigenvalue weighted by molar-refractivity contribution is 0.284. The van der Waals surface area contributed by atoms with Gasteiger partial charge in [-0.2, -0.15) is 0 Å². The number of hydrogen-bond donors (Lipinski definition) is 0. The molecule has 0 aromatic heterocycles. The summed E-state index contributed by atoms with van der Waals surface area (Å²) in [6.07, 6.45) is 0. The Morgan fingerprint density at radius 1 is 1.00 bits per heavy atom. The predicted octanol–water partition coefficient (Wildman–Crippen LogP) is 5.32. The molecule has 0 unspecified atom stereocenters. The topological polar surface area (TPSA) is 18.5 Å². The van der Waals surface area contributed by atoms with Crippen LogP contribution in [0.1, 0.15) is 11.1 Å². The van der Waals surface area contributed by atoms with Crippen molar-refractivity contribution in [3.63, 3.8) is 0 Å². The maximum absolute atomic E-state index is 6.20. The average Bonchev–Trinajstić information content (AvgIpc) is 2.47. The van der Waals surface area contributed by atoms with Gasteiger partial charge in [-0.3, -0.25) is 0 Å². The second-order valence-electron chi connectivity index (χ2n) is 4.16. The van der Waals surface area contributed by atoms with Gasteiger partial charge in [0.1, 0.15) is 6.61 Å². The summed E-state index contributed by atoms with van der Waals surface area (Å²) in [6.45, 7) is 0.382. The van der Waals surface area contributed by atoms with E-state index in [0.717, 1.165) is 11.1 Å². The first kappa shape index (κ1) is 15.3. The number of alkyl halides is 1. The molecule has 20 heavy (non-hydrogen) atoms. The summed E-state index contributed by atoms with van der Waals surface area (Å²) in [5.74, 6) is 1.45. The molecule has 0 aliphatic heterocycles. The lowest BCUT2D eigenvalue weighted by atomic mass is 10.2. The Morgan fingerprint density at radius 2 is 1.70 bits per heavy atom. The van der Waals surface area contributed by atoms with E-state index in [2.05, 4.69) is 0 Å². The Hall–Kier alpha value is -1.09. The van der Waals surface area contributed by atoms with E-state index in [4.69, 9.17) is 44.3 Å². The Labute approximate surface area is 133 Å². The SMILES string of the molecule is COc1cc(CCl)cc(Cl)c1OCc1ccc(Cl)cc1. The van der Waals surface area contributed by atoms with Crippen LogP contribution in [-0.2, 0) is 12.5 Å². The van der Waals surface area contributed by atoms with Crippen LogP contribution in [0.4, 0.5) is 0 Å². The van der Waals surface area contributed by atoms with Crippen molar-refractivity contribution in [2.75, 3.05) is 7.11 Å². The first-order valence-corrected chi connectivity index (χ1v) is 7.22. The molecule has 0 spiro atoms. The molecule has 2 nitrogen and oxygen atoms in total. The predicted molar refractivity (Wildman–Crippen MR) is 83.3 cm³/mol. The van der Waals surface area contributed by atoms with E-state index in [0.29, 0.717) is 34.0 Å². The minimum Gasteiger partial charge on any atom is -0.493 e. The van der Waals surface area contributed by atoms with E-state index in [1.165, 1.54) is 0 Å². The Morgan fingerprint density at radius 3 is 2.30 bits per heavy atom. The molecule has 106 valence electrons. The van der Waals surface area contributed by atoms with Crippen LogP contribution in [0.2, 0.25) is 10.0 Å². The molecule has 2 aromatic carbocycles. The molecule has 0 amide bonds. The van der Waals surface area contributed by atoms with Crippen molar-refractivity contribution in [2.24, 2.45) is 0 Å². The molecule has 0 N–H and O–H groups in total. The highest BCUT2D eigenvalue weighted by Gasteiger charge is 2.12. The zero-order valence-corrected chi connectivity index (χ0v) is 13.1. The van der Waals surface area contributed by atoms with E-state index in [1.54, 1.807) is 13.2 Å². The van der Waals surface area contributed by atoms with Crippen molar-refractivity contribution < 1.29 is 9.47 Å². The molecule has 0 saturated carbocycles. The lowest BCUT2D eigenvalue weighted by Gasteiger charge is -2.13. The first-order valence-electron chi connectivity index (χ1n) is 5.93. The van der Waals surface area contributed by atoms with Gasteiger partial charge in [-0.15, -0.1) is 11.6 Å². The van der Waals surface area contributed by atoms with Crippen molar-refractivity contribution in [1.29, 1.82) is 0 Å². The summed E-state index contributed by atoms with van der Waals surface area (Å²) in [5, 5.41) is 1.17. The highest BCUT2D eigenvalue weighted by Crippen LogP contribution is 2.37. The Bertz CT molecular complexity index is 582. The van der Waals surface area contributed by atoms with Crippen molar-refractivity contribution in [3.8, 4) is 11.5 Å². The largest absolute Gasteiger partial charge is 0.493 e. The fourth-order valence-electron chi connectivity index (χ4n) is 1.73. The smallest absolute Gasteiger partial charge is 0.180 e. The molecule has 0 radical (unpaired) electrons.